The number of likely N-dealkylation sites (N-methyl/N-ethyl adjacent to an activating group) is 1. The fraction of sp³-hybridized carbons (Fsp3) is 0.593. The minimum atomic E-state index is -1.81. The van der Waals surface area contributed by atoms with E-state index in [0.717, 1.165) is 4.90 Å². The van der Waals surface area contributed by atoms with E-state index in [9.17, 15) is 63.3 Å². The Kier molecular flexibility index (Phi) is 23.2. The molecule has 2 heterocycles. The van der Waals surface area contributed by atoms with Crippen LogP contribution in [0.4, 0.5) is 0 Å². The van der Waals surface area contributed by atoms with E-state index in [1.807, 2.05) is 13.8 Å². The Hall–Kier alpha value is -7.10. The highest BCUT2D eigenvalue weighted by atomic mass is 16.5. The van der Waals surface area contributed by atoms with Gasteiger partial charge in [-0.3, -0.25) is 38.4 Å². The summed E-state index contributed by atoms with van der Waals surface area (Å²) in [6.45, 7) is 13.5. The van der Waals surface area contributed by atoms with Crippen molar-refractivity contribution in [2.24, 2.45) is 17.8 Å². The van der Waals surface area contributed by atoms with Gasteiger partial charge in [0.2, 0.25) is 47.3 Å². The number of aliphatic carboxylic acids is 1. The number of amides is 8. The van der Waals surface area contributed by atoms with E-state index >= 15 is 0 Å². The van der Waals surface area contributed by atoms with E-state index in [0.29, 0.717) is 24.0 Å². The molecule has 0 saturated carbocycles. The second-order valence-corrected chi connectivity index (χ2v) is 20.6. The van der Waals surface area contributed by atoms with Gasteiger partial charge in [-0.1, -0.05) is 97.4 Å². The Balaban J connectivity index is 1.80. The van der Waals surface area contributed by atoms with Gasteiger partial charge in [-0.25, -0.2) is 9.59 Å². The predicted octanol–water partition coefficient (Wildman–Crippen LogP) is 1.58. The van der Waals surface area contributed by atoms with E-state index in [-0.39, 0.29) is 50.2 Å². The summed E-state index contributed by atoms with van der Waals surface area (Å²) >= 11 is 0. The lowest BCUT2D eigenvalue weighted by molar-refractivity contribution is -0.167. The van der Waals surface area contributed by atoms with Gasteiger partial charge in [-0.15, -0.1) is 0 Å². The standard InChI is InChI=1S/C54H78N8O14/c1-10-15-41(64)55-38(26-29(3)4)47(67)57-37(53(73)74)22-24-42(65)59-45-32(8)76-54(75)44(31(7)11-2)60-49(69)40(28-33-16-13-12-14-17-33)61(9)52(72)46(30(5)6)62-43(66)25-23-36(51(62)71)56-48(68)39(58-50(45)70)27-34-18-20-35(63)21-19-34/h12-14,16-21,29-32,36-40,43-46,63,66H,10-11,15,22-28H2,1-9H3,(H,55,64)(H,56,68)(H,57,67)(H,58,70)(H,59,65)(H,60,69)(H,73,74)/t31?,32-,36+,37+,38+,39+,40+,43-,44+,45+,46+/m1/s1. The second kappa shape index (κ2) is 28.7. The lowest BCUT2D eigenvalue weighted by atomic mass is 9.93. The topological polar surface area (TPSA) is 319 Å². The van der Waals surface area contributed by atoms with Crippen molar-refractivity contribution in [3.8, 4) is 5.75 Å². The Morgan fingerprint density at radius 1 is 0.763 bits per heavy atom. The van der Waals surface area contributed by atoms with Gasteiger partial charge in [0.1, 0.15) is 66.4 Å². The number of hydrogen-bond acceptors (Lipinski definition) is 13. The molecule has 2 aliphatic heterocycles. The highest BCUT2D eigenvalue weighted by Crippen LogP contribution is 2.27. The number of aliphatic hydroxyl groups is 1. The summed E-state index contributed by atoms with van der Waals surface area (Å²) in [5.41, 5.74) is 1.07. The van der Waals surface area contributed by atoms with Crippen molar-refractivity contribution in [1.82, 2.24) is 41.7 Å². The summed E-state index contributed by atoms with van der Waals surface area (Å²) in [5, 5.41) is 47.3. The Morgan fingerprint density at radius 3 is 2.00 bits per heavy atom. The van der Waals surface area contributed by atoms with Crippen LogP contribution in [0.25, 0.3) is 0 Å². The smallest absolute Gasteiger partial charge is 0.329 e. The van der Waals surface area contributed by atoms with Gasteiger partial charge < -0.3 is 61.8 Å². The first-order valence-electron chi connectivity index (χ1n) is 26.2. The third-order valence-corrected chi connectivity index (χ3v) is 13.7. The van der Waals surface area contributed by atoms with E-state index in [1.54, 1.807) is 65.0 Å². The van der Waals surface area contributed by atoms with Crippen LogP contribution in [0.15, 0.2) is 54.6 Å². The van der Waals surface area contributed by atoms with E-state index in [2.05, 4.69) is 31.9 Å². The first-order valence-corrected chi connectivity index (χ1v) is 26.2. The van der Waals surface area contributed by atoms with Crippen LogP contribution in [0, 0.1) is 17.8 Å². The number of carbonyl (C=O) groups excluding carboxylic acids is 9. The number of carboxylic acids is 1. The van der Waals surface area contributed by atoms with Gasteiger partial charge in [-0.05, 0) is 80.0 Å². The normalized spacial score (nSPS) is 24.4. The fourth-order valence-electron chi connectivity index (χ4n) is 9.19. The minimum Gasteiger partial charge on any atom is -0.508 e. The summed E-state index contributed by atoms with van der Waals surface area (Å²) in [6, 6.07) is 3.00. The van der Waals surface area contributed by atoms with Crippen LogP contribution in [-0.2, 0) is 65.5 Å². The van der Waals surface area contributed by atoms with Crippen molar-refractivity contribution in [2.45, 2.75) is 180 Å². The molecule has 11 atom stereocenters. The SMILES string of the molecule is CCCC(=O)N[C@@H](CC(C)C)C(=O)N[C@@H](CCC(=O)N[C@@H]1C(=O)N[C@@H](Cc2ccc(O)cc2)C(=O)N[C@H]2CC[C@@H](O)N(C2=O)[C@@H](C(C)C)C(=O)N(C)[C@@H](Cc2ccccc2)C(=O)N[C@@H](C(C)CC)C(=O)O[C@@H]1C)C(=O)O. The zero-order valence-corrected chi connectivity index (χ0v) is 45.0. The van der Waals surface area contributed by atoms with Crippen LogP contribution in [0.5, 0.6) is 5.75 Å². The summed E-state index contributed by atoms with van der Waals surface area (Å²) in [6.07, 6.45) is -3.47. The fourth-order valence-corrected chi connectivity index (χ4v) is 9.19. The number of nitrogens with zero attached hydrogens (tertiary/aromatic N) is 2. The third kappa shape index (κ3) is 17.2. The number of hydrogen-bond donors (Lipinski definition) is 9. The van der Waals surface area contributed by atoms with Crippen molar-refractivity contribution < 1.29 is 68.0 Å². The average molecular weight is 1060 g/mol. The zero-order chi connectivity index (χ0) is 56.6. The van der Waals surface area contributed by atoms with E-state index < -0.39 is 145 Å². The number of aromatic hydroxyl groups is 1. The number of aliphatic hydroxyl groups excluding tert-OH is 1. The average Bonchev–Trinajstić information content (AvgIpc) is 3.36. The number of piperidine rings is 1. The number of cyclic esters (lactones) is 1. The number of rotatable bonds is 19. The molecule has 9 N–H and O–H groups in total. The molecular formula is C54H78N8O14. The van der Waals surface area contributed by atoms with E-state index in [4.69, 9.17) is 4.74 Å². The number of esters is 1. The first-order chi connectivity index (χ1) is 35.9. The monoisotopic (exact) mass is 1060 g/mol. The Morgan fingerprint density at radius 2 is 1.41 bits per heavy atom. The molecular weight excluding hydrogens is 985 g/mol. The summed E-state index contributed by atoms with van der Waals surface area (Å²) < 4.78 is 5.93. The van der Waals surface area contributed by atoms with Crippen molar-refractivity contribution in [1.29, 1.82) is 0 Å². The highest BCUT2D eigenvalue weighted by molar-refractivity contribution is 5.98. The first kappa shape index (κ1) is 61.4. The van der Waals surface area contributed by atoms with Crippen molar-refractivity contribution in [3.63, 3.8) is 0 Å². The van der Waals surface area contributed by atoms with Crippen molar-refractivity contribution in [3.05, 3.63) is 65.7 Å². The maximum Gasteiger partial charge on any atom is 0.329 e. The van der Waals surface area contributed by atoms with Crippen LogP contribution < -0.4 is 31.9 Å². The van der Waals surface area contributed by atoms with Crippen LogP contribution in [0.2, 0.25) is 0 Å². The number of carboxylic acid groups (broad SMARTS) is 1. The molecule has 2 fully saturated rings. The second-order valence-electron chi connectivity index (χ2n) is 20.6. The molecule has 22 nitrogen and oxygen atoms in total. The Labute approximate surface area is 444 Å². The molecule has 8 amide bonds. The largest absolute Gasteiger partial charge is 0.508 e. The van der Waals surface area contributed by atoms with Crippen molar-refractivity contribution >= 4 is 59.2 Å². The molecule has 0 aliphatic carbocycles. The molecule has 0 spiro atoms. The molecule has 2 aromatic carbocycles. The molecule has 2 saturated heterocycles. The summed E-state index contributed by atoms with van der Waals surface area (Å²) in [5.74, 6) is -10.3. The van der Waals surface area contributed by atoms with Gasteiger partial charge in [0, 0.05) is 32.7 Å². The number of phenolic OH excluding ortho intramolecular Hbond substituents is 1. The van der Waals surface area contributed by atoms with Gasteiger partial charge in [0.25, 0.3) is 0 Å². The lowest BCUT2D eigenvalue weighted by Gasteiger charge is -2.44. The summed E-state index contributed by atoms with van der Waals surface area (Å²) in [7, 11) is 1.38. The molecule has 0 aromatic heterocycles. The number of nitrogens with one attached hydrogen (secondary N) is 6. The van der Waals surface area contributed by atoms with Crippen molar-refractivity contribution in [2.75, 3.05) is 7.05 Å². The maximum atomic E-state index is 14.8. The highest BCUT2D eigenvalue weighted by Gasteiger charge is 2.47. The molecule has 418 valence electrons. The zero-order valence-electron chi connectivity index (χ0n) is 45.0. The molecule has 2 bridgehead atoms. The molecule has 0 radical (unpaired) electrons. The maximum absolute atomic E-state index is 14.8. The molecule has 76 heavy (non-hydrogen) atoms. The number of fused-ring (bicyclic) bond motifs is 2. The quantitative estimate of drug-likeness (QED) is 0.0903. The number of phenols is 1. The van der Waals surface area contributed by atoms with Crippen LogP contribution in [0.1, 0.15) is 118 Å². The van der Waals surface area contributed by atoms with Gasteiger partial charge in [-0.2, -0.15) is 0 Å². The Bertz CT molecular complexity index is 2370. The lowest BCUT2D eigenvalue weighted by Crippen LogP contribution is -2.66. The predicted molar refractivity (Wildman–Crippen MR) is 277 cm³/mol. The van der Waals surface area contributed by atoms with Crippen LogP contribution in [0.3, 0.4) is 0 Å². The van der Waals surface area contributed by atoms with Gasteiger partial charge in [0.05, 0.1) is 0 Å². The molecule has 4 rings (SSSR count). The molecule has 2 aromatic rings. The number of carbonyl (C=O) groups is 10. The van der Waals surface area contributed by atoms with Gasteiger partial charge in [0.15, 0.2) is 0 Å². The number of benzene rings is 2. The number of ether oxygens (including phenoxy) is 1. The molecule has 22 heteroatoms. The van der Waals surface area contributed by atoms with Gasteiger partial charge >= 0.3 is 11.9 Å². The minimum absolute atomic E-state index is 0.0508. The van der Waals surface area contributed by atoms with Crippen LogP contribution in [-0.4, -0.2) is 152 Å². The molecule has 2 aliphatic rings. The third-order valence-electron chi connectivity index (χ3n) is 13.7. The van der Waals surface area contributed by atoms with E-state index in [1.165, 1.54) is 43.1 Å². The van der Waals surface area contributed by atoms with Crippen LogP contribution >= 0.6 is 0 Å². The molecule has 1 unspecified atom stereocenters. The summed E-state index contributed by atoms with van der Waals surface area (Å²) in [4.78, 5) is 142.